The number of aromatic amines is 1. The van der Waals surface area contributed by atoms with Gasteiger partial charge in [0.05, 0.1) is 18.1 Å². The smallest absolute Gasteiger partial charge is 0.239 e. The number of anilines is 2. The van der Waals surface area contributed by atoms with Crippen molar-refractivity contribution in [3.8, 4) is 0 Å². The molecule has 8 heteroatoms. The number of aromatic nitrogens is 4. The molecular formula is C11H15N7O. The van der Waals surface area contributed by atoms with Crippen LogP contribution in [0.3, 0.4) is 0 Å². The number of fused-ring (bicyclic) bond motifs is 1. The number of hydrogen-bond donors (Lipinski definition) is 4. The van der Waals surface area contributed by atoms with Crippen LogP contribution in [0, 0.1) is 0 Å². The van der Waals surface area contributed by atoms with Gasteiger partial charge in [0.25, 0.3) is 0 Å². The first kappa shape index (κ1) is 11.7. The van der Waals surface area contributed by atoms with Gasteiger partial charge in [0.1, 0.15) is 5.82 Å². The van der Waals surface area contributed by atoms with Crippen molar-refractivity contribution in [2.45, 2.75) is 18.9 Å². The number of nitrogens with one attached hydrogen (secondary N) is 4. The molecule has 3 rings (SSSR count). The second kappa shape index (κ2) is 4.71. The minimum atomic E-state index is -0.0243. The molecule has 0 unspecified atom stereocenters. The first-order valence-corrected chi connectivity index (χ1v) is 6.18. The van der Waals surface area contributed by atoms with Crippen LogP contribution in [0.15, 0.2) is 6.20 Å². The van der Waals surface area contributed by atoms with Gasteiger partial charge >= 0.3 is 0 Å². The fourth-order valence-electron chi connectivity index (χ4n) is 1.75. The van der Waals surface area contributed by atoms with Gasteiger partial charge < -0.3 is 16.0 Å². The molecule has 2 aromatic heterocycles. The lowest BCUT2D eigenvalue weighted by Crippen LogP contribution is -2.31. The van der Waals surface area contributed by atoms with Gasteiger partial charge in [-0.05, 0) is 12.8 Å². The number of carbonyl (C=O) groups excluding carboxylic acids is 1. The lowest BCUT2D eigenvalue weighted by Gasteiger charge is -2.08. The van der Waals surface area contributed by atoms with Gasteiger partial charge in [-0.1, -0.05) is 0 Å². The Kier molecular flexibility index (Phi) is 2.90. The minimum absolute atomic E-state index is 0.0243. The van der Waals surface area contributed by atoms with E-state index in [-0.39, 0.29) is 12.5 Å². The highest BCUT2D eigenvalue weighted by Crippen LogP contribution is 2.20. The van der Waals surface area contributed by atoms with Crippen molar-refractivity contribution >= 4 is 28.7 Å². The summed E-state index contributed by atoms with van der Waals surface area (Å²) in [5.74, 6) is 1.04. The second-order valence-electron chi connectivity index (χ2n) is 4.47. The molecule has 0 bridgehead atoms. The zero-order valence-corrected chi connectivity index (χ0v) is 10.5. The zero-order valence-electron chi connectivity index (χ0n) is 10.5. The summed E-state index contributed by atoms with van der Waals surface area (Å²) in [5, 5.41) is 16.3. The molecule has 2 aromatic rings. The number of nitrogens with zero attached hydrogens (tertiary/aromatic N) is 3. The fraction of sp³-hybridized carbons (Fsp3) is 0.455. The van der Waals surface area contributed by atoms with E-state index in [1.165, 1.54) is 0 Å². The summed E-state index contributed by atoms with van der Waals surface area (Å²) in [6, 6.07) is 0.363. The van der Waals surface area contributed by atoms with Crippen molar-refractivity contribution in [1.82, 2.24) is 25.5 Å². The van der Waals surface area contributed by atoms with Crippen LogP contribution in [0.25, 0.3) is 11.0 Å². The van der Waals surface area contributed by atoms with Crippen LogP contribution in [0.4, 0.5) is 11.8 Å². The molecule has 4 N–H and O–H groups in total. The molecule has 2 heterocycles. The topological polar surface area (TPSA) is 108 Å². The van der Waals surface area contributed by atoms with Gasteiger partial charge in [0.15, 0.2) is 5.65 Å². The van der Waals surface area contributed by atoms with Gasteiger partial charge in [0, 0.05) is 13.1 Å². The average Bonchev–Trinajstić information content (AvgIpc) is 3.09. The number of rotatable bonds is 5. The Bertz CT molecular complexity index is 604. The van der Waals surface area contributed by atoms with Gasteiger partial charge in [-0.25, -0.2) is 0 Å². The van der Waals surface area contributed by atoms with Crippen LogP contribution < -0.4 is 16.0 Å². The molecule has 1 amide bonds. The third kappa shape index (κ3) is 2.56. The fourth-order valence-corrected chi connectivity index (χ4v) is 1.75. The average molecular weight is 261 g/mol. The molecule has 8 nitrogen and oxygen atoms in total. The third-order valence-corrected chi connectivity index (χ3v) is 2.89. The van der Waals surface area contributed by atoms with Gasteiger partial charge in [-0.3, -0.25) is 9.89 Å². The Balaban J connectivity index is 1.74. The molecule has 1 fully saturated rings. The molecule has 0 spiro atoms. The van der Waals surface area contributed by atoms with E-state index >= 15 is 0 Å². The van der Waals surface area contributed by atoms with Crippen LogP contribution in [0.1, 0.15) is 12.8 Å². The molecule has 0 aromatic carbocycles. The molecule has 0 radical (unpaired) electrons. The van der Waals surface area contributed by atoms with E-state index in [1.54, 1.807) is 13.2 Å². The molecule has 0 atom stereocenters. The number of carbonyl (C=O) groups is 1. The van der Waals surface area contributed by atoms with E-state index in [9.17, 15) is 4.79 Å². The van der Waals surface area contributed by atoms with E-state index in [4.69, 9.17) is 0 Å². The molecule has 0 saturated heterocycles. The zero-order chi connectivity index (χ0) is 13.2. The predicted octanol–water partition coefficient (Wildman–Crippen LogP) is 0.0851. The maximum absolute atomic E-state index is 11.6. The van der Waals surface area contributed by atoms with Crippen molar-refractivity contribution in [3.05, 3.63) is 6.20 Å². The van der Waals surface area contributed by atoms with Gasteiger partial charge in [-0.15, -0.1) is 0 Å². The Labute approximate surface area is 109 Å². The largest absolute Gasteiger partial charge is 0.360 e. The second-order valence-corrected chi connectivity index (χ2v) is 4.47. The Morgan fingerprint density at radius 1 is 1.47 bits per heavy atom. The quantitative estimate of drug-likeness (QED) is 0.607. The molecule has 0 aliphatic heterocycles. The highest BCUT2D eigenvalue weighted by Gasteiger charge is 2.23. The van der Waals surface area contributed by atoms with E-state index in [1.807, 2.05) is 0 Å². The Morgan fingerprint density at radius 3 is 3.05 bits per heavy atom. The standard InChI is InChI=1S/C11H15N7O/c1-12-11-16-9(7-4-14-18-10(7)17-11)13-5-8(19)15-6-2-3-6/h4,6H,2-3,5H2,1H3,(H,15,19)(H3,12,13,14,16,17,18). The van der Waals surface area contributed by atoms with Crippen molar-refractivity contribution < 1.29 is 4.79 Å². The predicted molar refractivity (Wildman–Crippen MR) is 70.9 cm³/mol. The summed E-state index contributed by atoms with van der Waals surface area (Å²) < 4.78 is 0. The Hall–Kier alpha value is -2.38. The lowest BCUT2D eigenvalue weighted by atomic mass is 10.4. The minimum Gasteiger partial charge on any atom is -0.360 e. The molecule has 1 aliphatic carbocycles. The normalized spacial score (nSPS) is 14.4. The molecule has 1 aliphatic rings. The van der Waals surface area contributed by atoms with Crippen molar-refractivity contribution in [2.24, 2.45) is 0 Å². The molecule has 100 valence electrons. The first-order valence-electron chi connectivity index (χ1n) is 6.18. The van der Waals surface area contributed by atoms with Crippen molar-refractivity contribution in [3.63, 3.8) is 0 Å². The highest BCUT2D eigenvalue weighted by atomic mass is 16.2. The lowest BCUT2D eigenvalue weighted by molar-refractivity contribution is -0.119. The summed E-state index contributed by atoms with van der Waals surface area (Å²) in [7, 11) is 1.74. The van der Waals surface area contributed by atoms with E-state index in [0.717, 1.165) is 18.2 Å². The first-order chi connectivity index (χ1) is 9.26. The summed E-state index contributed by atoms with van der Waals surface area (Å²) in [6.45, 7) is 0.191. The van der Waals surface area contributed by atoms with Crippen LogP contribution >= 0.6 is 0 Å². The van der Waals surface area contributed by atoms with E-state index in [0.29, 0.717) is 23.5 Å². The summed E-state index contributed by atoms with van der Waals surface area (Å²) in [6.07, 6.45) is 3.79. The van der Waals surface area contributed by atoms with Crippen molar-refractivity contribution in [1.29, 1.82) is 0 Å². The monoisotopic (exact) mass is 261 g/mol. The third-order valence-electron chi connectivity index (χ3n) is 2.89. The number of hydrogen-bond acceptors (Lipinski definition) is 6. The summed E-state index contributed by atoms with van der Waals surface area (Å²) in [4.78, 5) is 20.1. The molecule has 19 heavy (non-hydrogen) atoms. The maximum atomic E-state index is 11.6. The van der Waals surface area contributed by atoms with Crippen LogP contribution in [-0.4, -0.2) is 45.7 Å². The molecular weight excluding hydrogens is 246 g/mol. The van der Waals surface area contributed by atoms with Gasteiger partial charge in [0.2, 0.25) is 11.9 Å². The summed E-state index contributed by atoms with van der Waals surface area (Å²) in [5.41, 5.74) is 0.629. The molecule has 1 saturated carbocycles. The Morgan fingerprint density at radius 2 is 2.32 bits per heavy atom. The highest BCUT2D eigenvalue weighted by molar-refractivity contribution is 5.89. The maximum Gasteiger partial charge on any atom is 0.239 e. The summed E-state index contributed by atoms with van der Waals surface area (Å²) >= 11 is 0. The van der Waals surface area contributed by atoms with Gasteiger partial charge in [-0.2, -0.15) is 15.1 Å². The number of amides is 1. The number of H-pyrrole nitrogens is 1. The van der Waals surface area contributed by atoms with E-state index in [2.05, 4.69) is 36.1 Å². The van der Waals surface area contributed by atoms with E-state index < -0.39 is 0 Å². The van der Waals surface area contributed by atoms with Crippen molar-refractivity contribution in [2.75, 3.05) is 24.2 Å². The SMILES string of the molecule is CNc1nc(NCC(=O)NC2CC2)c2cn[nH]c2n1. The van der Waals surface area contributed by atoms with Crippen LogP contribution in [0.5, 0.6) is 0 Å². The van der Waals surface area contributed by atoms with Crippen LogP contribution in [0.2, 0.25) is 0 Å². The van der Waals surface area contributed by atoms with Crippen LogP contribution in [-0.2, 0) is 4.79 Å².